The van der Waals surface area contributed by atoms with E-state index in [2.05, 4.69) is 27.7 Å². The molecule has 1 heteroatoms. The summed E-state index contributed by atoms with van der Waals surface area (Å²) < 4.78 is 0. The van der Waals surface area contributed by atoms with E-state index in [1.54, 1.807) is 0 Å². The molecule has 1 rings (SSSR count). The lowest BCUT2D eigenvalue weighted by Gasteiger charge is -2.45. The Bertz CT molecular complexity index is 198. The number of hydrogen-bond donors (Lipinski definition) is 1. The highest BCUT2D eigenvalue weighted by Gasteiger charge is 2.41. The molecule has 1 nitrogen and oxygen atoms in total. The van der Waals surface area contributed by atoms with Gasteiger partial charge in [0.25, 0.3) is 0 Å². The quantitative estimate of drug-likeness (QED) is 0.694. The third-order valence-corrected chi connectivity index (χ3v) is 4.22. The van der Waals surface area contributed by atoms with Crippen LogP contribution >= 0.6 is 0 Å². The van der Waals surface area contributed by atoms with Gasteiger partial charge in [-0.1, -0.05) is 47.0 Å². The summed E-state index contributed by atoms with van der Waals surface area (Å²) >= 11 is 0. The van der Waals surface area contributed by atoms with Crippen molar-refractivity contribution in [3.8, 4) is 0 Å². The molecule has 0 aromatic rings. The fourth-order valence-electron chi connectivity index (χ4n) is 2.97. The summed E-state index contributed by atoms with van der Waals surface area (Å²) in [5, 5.41) is 10.6. The van der Waals surface area contributed by atoms with Crippen molar-refractivity contribution >= 4 is 0 Å². The first-order chi connectivity index (χ1) is 6.90. The van der Waals surface area contributed by atoms with Crippen LogP contribution in [0.3, 0.4) is 0 Å². The molecule has 0 saturated heterocycles. The number of rotatable bonds is 4. The topological polar surface area (TPSA) is 20.2 Å². The highest BCUT2D eigenvalue weighted by Crippen LogP contribution is 2.45. The molecule has 0 spiro atoms. The molecule has 2 atom stereocenters. The monoisotopic (exact) mass is 212 g/mol. The zero-order chi connectivity index (χ0) is 11.5. The third-order valence-electron chi connectivity index (χ3n) is 4.22. The summed E-state index contributed by atoms with van der Waals surface area (Å²) in [6, 6.07) is 0. The smallest absolute Gasteiger partial charge is 0.0673 e. The second kappa shape index (κ2) is 4.86. The van der Waals surface area contributed by atoms with Crippen molar-refractivity contribution < 1.29 is 5.11 Å². The van der Waals surface area contributed by atoms with Crippen LogP contribution in [-0.2, 0) is 0 Å². The normalized spacial score (nSPS) is 35.4. The van der Waals surface area contributed by atoms with Crippen molar-refractivity contribution in [3.05, 3.63) is 0 Å². The Morgan fingerprint density at radius 2 is 1.87 bits per heavy atom. The van der Waals surface area contributed by atoms with E-state index in [9.17, 15) is 5.11 Å². The van der Waals surface area contributed by atoms with E-state index in [1.807, 2.05) is 0 Å². The van der Waals surface area contributed by atoms with Crippen LogP contribution in [0.15, 0.2) is 0 Å². The van der Waals surface area contributed by atoms with Crippen molar-refractivity contribution in [2.24, 2.45) is 11.3 Å². The zero-order valence-corrected chi connectivity index (χ0v) is 11.0. The minimum Gasteiger partial charge on any atom is -0.390 e. The zero-order valence-electron chi connectivity index (χ0n) is 11.0. The van der Waals surface area contributed by atoms with Gasteiger partial charge < -0.3 is 5.11 Å². The van der Waals surface area contributed by atoms with Gasteiger partial charge in [0, 0.05) is 0 Å². The largest absolute Gasteiger partial charge is 0.390 e. The van der Waals surface area contributed by atoms with Crippen LogP contribution in [0.1, 0.15) is 72.6 Å². The molecule has 90 valence electrons. The molecule has 0 radical (unpaired) electrons. The lowest BCUT2D eigenvalue weighted by molar-refractivity contribution is -0.0779. The molecule has 0 heterocycles. The van der Waals surface area contributed by atoms with Crippen LogP contribution in [0.5, 0.6) is 0 Å². The van der Waals surface area contributed by atoms with E-state index in [0.717, 1.165) is 12.8 Å². The minimum absolute atomic E-state index is 0.356. The first-order valence-corrected chi connectivity index (χ1v) is 6.62. The summed E-state index contributed by atoms with van der Waals surface area (Å²) in [6.45, 7) is 9.11. The van der Waals surface area contributed by atoms with Crippen LogP contribution in [-0.4, -0.2) is 10.7 Å². The van der Waals surface area contributed by atoms with E-state index < -0.39 is 0 Å². The average Bonchev–Trinajstić information content (AvgIpc) is 2.13. The molecule has 0 aromatic heterocycles. The number of unbranched alkanes of at least 4 members (excludes halogenated alkanes) is 2. The molecule has 15 heavy (non-hydrogen) atoms. The van der Waals surface area contributed by atoms with Crippen molar-refractivity contribution in [2.45, 2.75) is 78.2 Å². The number of hydrogen-bond acceptors (Lipinski definition) is 1. The van der Waals surface area contributed by atoms with Gasteiger partial charge in [0.1, 0.15) is 0 Å². The first-order valence-electron chi connectivity index (χ1n) is 6.62. The van der Waals surface area contributed by atoms with Crippen LogP contribution in [0.4, 0.5) is 0 Å². The molecular formula is C14H28O. The maximum Gasteiger partial charge on any atom is 0.0673 e. The Labute approximate surface area is 95.3 Å². The highest BCUT2D eigenvalue weighted by atomic mass is 16.3. The van der Waals surface area contributed by atoms with Crippen LogP contribution in [0, 0.1) is 11.3 Å². The molecule has 2 unspecified atom stereocenters. The molecule has 1 fully saturated rings. The Balaban J connectivity index is 2.47. The molecule has 1 N–H and O–H groups in total. The molecular weight excluding hydrogens is 184 g/mol. The first kappa shape index (κ1) is 13.0. The van der Waals surface area contributed by atoms with Crippen LogP contribution in [0.2, 0.25) is 0 Å². The average molecular weight is 212 g/mol. The predicted molar refractivity (Wildman–Crippen MR) is 65.9 cm³/mol. The summed E-state index contributed by atoms with van der Waals surface area (Å²) in [6.07, 6.45) is 8.07. The molecule has 1 aliphatic rings. The lowest BCUT2D eigenvalue weighted by atomic mass is 9.64. The van der Waals surface area contributed by atoms with E-state index >= 15 is 0 Å². The summed E-state index contributed by atoms with van der Waals surface area (Å²) in [7, 11) is 0. The second-order valence-electron chi connectivity index (χ2n) is 6.33. The minimum atomic E-state index is -0.356. The Morgan fingerprint density at radius 3 is 2.40 bits per heavy atom. The van der Waals surface area contributed by atoms with Crippen molar-refractivity contribution in [2.75, 3.05) is 0 Å². The summed E-state index contributed by atoms with van der Waals surface area (Å²) in [5.41, 5.74) is 0.0844. The highest BCUT2D eigenvalue weighted by molar-refractivity contribution is 4.93. The fourth-order valence-corrected chi connectivity index (χ4v) is 2.97. The molecule has 0 bridgehead atoms. The predicted octanol–water partition coefficient (Wildman–Crippen LogP) is 4.14. The van der Waals surface area contributed by atoms with E-state index in [0.29, 0.717) is 11.3 Å². The van der Waals surface area contributed by atoms with Gasteiger partial charge in [-0.15, -0.1) is 0 Å². The second-order valence-corrected chi connectivity index (χ2v) is 6.33. The van der Waals surface area contributed by atoms with E-state index in [1.165, 1.54) is 32.1 Å². The number of aliphatic hydroxyl groups is 1. The van der Waals surface area contributed by atoms with E-state index in [4.69, 9.17) is 0 Å². The van der Waals surface area contributed by atoms with Crippen molar-refractivity contribution in [1.29, 1.82) is 0 Å². The third kappa shape index (κ3) is 3.48. The summed E-state index contributed by atoms with van der Waals surface area (Å²) in [5.74, 6) is 0.470. The molecule has 0 aromatic carbocycles. The standard InChI is InChI=1S/C14H28O/c1-5-6-7-8-14(15)10-9-13(3,4)11-12(14)2/h12,15H,5-11H2,1-4H3. The fraction of sp³-hybridized carbons (Fsp3) is 1.00. The van der Waals surface area contributed by atoms with Gasteiger partial charge in [0.05, 0.1) is 5.60 Å². The molecule has 1 saturated carbocycles. The Kier molecular flexibility index (Phi) is 4.22. The van der Waals surface area contributed by atoms with E-state index in [-0.39, 0.29) is 5.60 Å². The maximum atomic E-state index is 10.6. The van der Waals surface area contributed by atoms with Gasteiger partial charge in [-0.3, -0.25) is 0 Å². The SMILES string of the molecule is CCCCCC1(O)CCC(C)(C)CC1C. The van der Waals surface area contributed by atoms with Gasteiger partial charge in [-0.05, 0) is 37.0 Å². The Hall–Kier alpha value is -0.0400. The van der Waals surface area contributed by atoms with Gasteiger partial charge in [0.2, 0.25) is 0 Å². The molecule has 0 amide bonds. The van der Waals surface area contributed by atoms with Crippen molar-refractivity contribution in [3.63, 3.8) is 0 Å². The lowest BCUT2D eigenvalue weighted by Crippen LogP contribution is -2.43. The summed E-state index contributed by atoms with van der Waals surface area (Å²) in [4.78, 5) is 0. The van der Waals surface area contributed by atoms with Gasteiger partial charge in [-0.25, -0.2) is 0 Å². The van der Waals surface area contributed by atoms with Crippen molar-refractivity contribution in [1.82, 2.24) is 0 Å². The van der Waals surface area contributed by atoms with Crippen LogP contribution < -0.4 is 0 Å². The molecule has 1 aliphatic carbocycles. The van der Waals surface area contributed by atoms with Gasteiger partial charge in [-0.2, -0.15) is 0 Å². The Morgan fingerprint density at radius 1 is 1.20 bits per heavy atom. The molecule has 0 aliphatic heterocycles. The maximum absolute atomic E-state index is 10.6. The van der Waals surface area contributed by atoms with Gasteiger partial charge >= 0.3 is 0 Å². The van der Waals surface area contributed by atoms with Crippen LogP contribution in [0.25, 0.3) is 0 Å². The van der Waals surface area contributed by atoms with Gasteiger partial charge in [0.15, 0.2) is 0 Å².